The summed E-state index contributed by atoms with van der Waals surface area (Å²) in [4.78, 5) is 13.4. The third-order valence-corrected chi connectivity index (χ3v) is 6.76. The number of carbonyl (C=O) groups is 1. The molecule has 0 spiro atoms. The number of thiophene rings is 1. The first-order chi connectivity index (χ1) is 14.5. The number of hydrazone groups is 1. The zero-order chi connectivity index (χ0) is 21.4. The van der Waals surface area contributed by atoms with Crippen LogP contribution in [0, 0.1) is 0 Å². The van der Waals surface area contributed by atoms with E-state index in [1.807, 2.05) is 47.8 Å². The molecule has 0 saturated heterocycles. The molecule has 3 aromatic rings. The Morgan fingerprint density at radius 3 is 2.47 bits per heavy atom. The number of hydrogen-bond donors (Lipinski definition) is 1. The Morgan fingerprint density at radius 1 is 1.10 bits per heavy atom. The second-order valence-corrected chi connectivity index (χ2v) is 9.16. The molecule has 0 saturated carbocycles. The first kappa shape index (κ1) is 21.7. The third kappa shape index (κ3) is 5.76. The summed E-state index contributed by atoms with van der Waals surface area (Å²) in [5.74, 6) is 0.0139. The van der Waals surface area contributed by atoms with Crippen LogP contribution in [0.25, 0.3) is 0 Å². The van der Waals surface area contributed by atoms with Gasteiger partial charge in [0.05, 0.1) is 24.8 Å². The molecule has 3 rings (SSSR count). The van der Waals surface area contributed by atoms with Crippen LogP contribution in [0.2, 0.25) is 0 Å². The molecule has 0 bridgehead atoms. The SMILES string of the molecule is COc1ccc(S(=O)(=O)N(CC(=O)N/N=C\c2cccs2)Cc2ccccc2)cc1. The van der Waals surface area contributed by atoms with E-state index in [0.717, 1.165) is 14.7 Å². The van der Waals surface area contributed by atoms with Gasteiger partial charge < -0.3 is 4.74 Å². The minimum atomic E-state index is -3.92. The Morgan fingerprint density at radius 2 is 1.83 bits per heavy atom. The topological polar surface area (TPSA) is 88.1 Å². The normalized spacial score (nSPS) is 11.7. The van der Waals surface area contributed by atoms with E-state index in [1.54, 1.807) is 12.1 Å². The molecule has 0 aliphatic carbocycles. The maximum atomic E-state index is 13.2. The lowest BCUT2D eigenvalue weighted by Gasteiger charge is -2.21. The number of nitrogens with one attached hydrogen (secondary N) is 1. The van der Waals surface area contributed by atoms with Gasteiger partial charge in [0.25, 0.3) is 5.91 Å². The molecule has 0 aliphatic rings. The molecule has 156 valence electrons. The molecule has 0 atom stereocenters. The highest BCUT2D eigenvalue weighted by molar-refractivity contribution is 7.89. The Bertz CT molecular complexity index is 1080. The number of benzene rings is 2. The molecule has 0 radical (unpaired) electrons. The van der Waals surface area contributed by atoms with Gasteiger partial charge in [0.1, 0.15) is 5.75 Å². The van der Waals surface area contributed by atoms with E-state index in [0.29, 0.717) is 5.75 Å². The number of methoxy groups -OCH3 is 1. The Kier molecular flexibility index (Phi) is 7.34. The van der Waals surface area contributed by atoms with E-state index in [1.165, 1.54) is 36.8 Å². The van der Waals surface area contributed by atoms with Crippen LogP contribution in [0.1, 0.15) is 10.4 Å². The lowest BCUT2D eigenvalue weighted by molar-refractivity contribution is -0.121. The summed E-state index contributed by atoms with van der Waals surface area (Å²) in [7, 11) is -2.41. The maximum absolute atomic E-state index is 13.2. The fraction of sp³-hybridized carbons (Fsp3) is 0.143. The zero-order valence-electron chi connectivity index (χ0n) is 16.3. The number of rotatable bonds is 9. The number of amides is 1. The van der Waals surface area contributed by atoms with Crippen molar-refractivity contribution in [3.05, 3.63) is 82.6 Å². The summed E-state index contributed by atoms with van der Waals surface area (Å²) in [5.41, 5.74) is 3.16. The summed E-state index contributed by atoms with van der Waals surface area (Å²) in [6, 6.07) is 18.9. The van der Waals surface area contributed by atoms with E-state index in [-0.39, 0.29) is 18.0 Å². The van der Waals surface area contributed by atoms with Crippen LogP contribution in [-0.4, -0.2) is 38.5 Å². The van der Waals surface area contributed by atoms with Crippen LogP contribution in [-0.2, 0) is 21.4 Å². The van der Waals surface area contributed by atoms with Gasteiger partial charge in [0.15, 0.2) is 0 Å². The van der Waals surface area contributed by atoms with Crippen molar-refractivity contribution in [2.45, 2.75) is 11.4 Å². The van der Waals surface area contributed by atoms with E-state index < -0.39 is 15.9 Å². The summed E-state index contributed by atoms with van der Waals surface area (Å²) in [5, 5.41) is 5.79. The Balaban J connectivity index is 1.79. The van der Waals surface area contributed by atoms with Gasteiger partial charge in [-0.25, -0.2) is 13.8 Å². The van der Waals surface area contributed by atoms with Crippen molar-refractivity contribution in [2.75, 3.05) is 13.7 Å². The highest BCUT2D eigenvalue weighted by atomic mass is 32.2. The number of ether oxygens (including phenoxy) is 1. The van der Waals surface area contributed by atoms with Gasteiger partial charge in [-0.1, -0.05) is 36.4 Å². The zero-order valence-corrected chi connectivity index (χ0v) is 17.9. The van der Waals surface area contributed by atoms with Crippen LogP contribution in [0.4, 0.5) is 0 Å². The standard InChI is InChI=1S/C21H21N3O4S2/c1-28-18-9-11-20(12-10-18)30(26,27)24(15-17-6-3-2-4-7-17)16-21(25)23-22-14-19-8-5-13-29-19/h2-14H,15-16H2,1H3,(H,23,25)/b22-14-. The van der Waals surface area contributed by atoms with Gasteiger partial charge in [-0.2, -0.15) is 9.41 Å². The van der Waals surface area contributed by atoms with Crippen LogP contribution in [0.3, 0.4) is 0 Å². The first-order valence-electron chi connectivity index (χ1n) is 9.02. The highest BCUT2D eigenvalue weighted by Crippen LogP contribution is 2.21. The first-order valence-corrected chi connectivity index (χ1v) is 11.3. The second-order valence-electron chi connectivity index (χ2n) is 6.24. The predicted molar refractivity (Wildman–Crippen MR) is 117 cm³/mol. The second kappa shape index (κ2) is 10.1. The van der Waals surface area contributed by atoms with E-state index in [2.05, 4.69) is 10.5 Å². The number of nitrogens with zero attached hydrogens (tertiary/aromatic N) is 2. The average Bonchev–Trinajstić information content (AvgIpc) is 3.27. The van der Waals surface area contributed by atoms with E-state index in [4.69, 9.17) is 4.74 Å². The van der Waals surface area contributed by atoms with Crippen LogP contribution in [0.5, 0.6) is 5.75 Å². The maximum Gasteiger partial charge on any atom is 0.255 e. The van der Waals surface area contributed by atoms with Gasteiger partial charge in [-0.15, -0.1) is 11.3 Å². The number of carbonyl (C=O) groups excluding carboxylic acids is 1. The largest absolute Gasteiger partial charge is 0.497 e. The van der Waals surface area contributed by atoms with Crippen molar-refractivity contribution in [1.82, 2.24) is 9.73 Å². The van der Waals surface area contributed by atoms with Gasteiger partial charge in [0, 0.05) is 11.4 Å². The summed E-state index contributed by atoms with van der Waals surface area (Å²) < 4.78 is 32.6. The molecule has 30 heavy (non-hydrogen) atoms. The molecule has 0 fully saturated rings. The van der Waals surface area contributed by atoms with Crippen molar-refractivity contribution < 1.29 is 17.9 Å². The molecule has 1 aromatic heterocycles. The third-order valence-electron chi connectivity index (χ3n) is 4.14. The summed E-state index contributed by atoms with van der Waals surface area (Å²) in [6.07, 6.45) is 1.52. The molecule has 0 aliphatic heterocycles. The predicted octanol–water partition coefficient (Wildman–Crippen LogP) is 3.10. The molecular weight excluding hydrogens is 422 g/mol. The van der Waals surface area contributed by atoms with Gasteiger partial charge in [-0.3, -0.25) is 4.79 Å². The molecule has 0 unspecified atom stereocenters. The monoisotopic (exact) mass is 443 g/mol. The molecule has 1 amide bonds. The average molecular weight is 444 g/mol. The smallest absolute Gasteiger partial charge is 0.255 e. The van der Waals surface area contributed by atoms with Gasteiger partial charge >= 0.3 is 0 Å². The summed E-state index contributed by atoms with van der Waals surface area (Å²) in [6.45, 7) is -0.317. The minimum Gasteiger partial charge on any atom is -0.497 e. The van der Waals surface area contributed by atoms with Gasteiger partial charge in [-0.05, 0) is 41.3 Å². The molecule has 1 N–H and O–H groups in total. The fourth-order valence-electron chi connectivity index (χ4n) is 2.64. The Hall–Kier alpha value is -3.01. The lowest BCUT2D eigenvalue weighted by Crippen LogP contribution is -2.39. The number of sulfonamides is 1. The van der Waals surface area contributed by atoms with Crippen molar-refractivity contribution in [1.29, 1.82) is 0 Å². The van der Waals surface area contributed by atoms with Crippen molar-refractivity contribution in [2.24, 2.45) is 5.10 Å². The van der Waals surface area contributed by atoms with Crippen molar-refractivity contribution >= 4 is 33.5 Å². The van der Waals surface area contributed by atoms with E-state index in [9.17, 15) is 13.2 Å². The van der Waals surface area contributed by atoms with Crippen LogP contribution >= 0.6 is 11.3 Å². The molecule has 2 aromatic carbocycles. The molecule has 1 heterocycles. The molecule has 9 heteroatoms. The quantitative estimate of drug-likeness (QED) is 0.407. The minimum absolute atomic E-state index is 0.0528. The van der Waals surface area contributed by atoms with Crippen LogP contribution in [0.15, 0.2) is 82.1 Å². The van der Waals surface area contributed by atoms with E-state index >= 15 is 0 Å². The summed E-state index contributed by atoms with van der Waals surface area (Å²) >= 11 is 1.48. The fourth-order valence-corrected chi connectivity index (χ4v) is 4.61. The molecular formula is C21H21N3O4S2. The van der Waals surface area contributed by atoms with Crippen molar-refractivity contribution in [3.63, 3.8) is 0 Å². The Labute approximate surface area is 179 Å². The van der Waals surface area contributed by atoms with Crippen LogP contribution < -0.4 is 10.2 Å². The van der Waals surface area contributed by atoms with Gasteiger partial charge in [0.2, 0.25) is 10.0 Å². The number of hydrogen-bond acceptors (Lipinski definition) is 6. The highest BCUT2D eigenvalue weighted by Gasteiger charge is 2.27. The lowest BCUT2D eigenvalue weighted by atomic mass is 10.2. The van der Waals surface area contributed by atoms with Crippen molar-refractivity contribution in [3.8, 4) is 5.75 Å². The molecule has 7 nitrogen and oxygen atoms in total.